The molecule has 1 fully saturated rings. The predicted molar refractivity (Wildman–Crippen MR) is 88.4 cm³/mol. The third-order valence-electron chi connectivity index (χ3n) is 3.67. The van der Waals surface area contributed by atoms with Crippen molar-refractivity contribution in [3.63, 3.8) is 0 Å². The van der Waals surface area contributed by atoms with Gasteiger partial charge in [0, 0.05) is 24.2 Å². The van der Waals surface area contributed by atoms with E-state index in [0.29, 0.717) is 5.92 Å². The van der Waals surface area contributed by atoms with Crippen LogP contribution in [0.2, 0.25) is 0 Å². The minimum atomic E-state index is 0.609. The Bertz CT molecular complexity index is 591. The van der Waals surface area contributed by atoms with Crippen LogP contribution >= 0.6 is 27.3 Å². The number of halogens is 1. The zero-order valence-corrected chi connectivity index (χ0v) is 13.9. The van der Waals surface area contributed by atoms with Crippen molar-refractivity contribution in [2.75, 3.05) is 11.9 Å². The third-order valence-corrected chi connectivity index (χ3v) is 5.29. The maximum atomic E-state index is 4.82. The highest BCUT2D eigenvalue weighted by Gasteiger charge is 2.20. The number of nitrogens with zero attached hydrogens (tertiary/aromatic N) is 2. The van der Waals surface area contributed by atoms with Crippen LogP contribution in [0.5, 0.6) is 0 Å². The molecule has 1 N–H and O–H groups in total. The number of anilines is 1. The molecule has 2 heterocycles. The van der Waals surface area contributed by atoms with Gasteiger partial charge in [-0.1, -0.05) is 12.8 Å². The van der Waals surface area contributed by atoms with Crippen molar-refractivity contribution in [2.24, 2.45) is 0 Å². The minimum absolute atomic E-state index is 0.609. The zero-order chi connectivity index (χ0) is 13.9. The van der Waals surface area contributed by atoms with Crippen LogP contribution in [0.1, 0.15) is 44.2 Å². The minimum Gasteiger partial charge on any atom is -0.370 e. The summed E-state index contributed by atoms with van der Waals surface area (Å²) >= 11 is 5.19. The van der Waals surface area contributed by atoms with Crippen LogP contribution in [0.15, 0.2) is 22.0 Å². The standard InChI is InChI=1S/C15H18BrN3S/c1-2-17-14-9-11(10-5-3-4-6-10)18-15(19-14)12-7-8-13(16)20-12/h7-10H,2-6H2,1H3,(H,17,18,19). The highest BCUT2D eigenvalue weighted by atomic mass is 79.9. The van der Waals surface area contributed by atoms with Crippen LogP contribution in [0.4, 0.5) is 5.82 Å². The van der Waals surface area contributed by atoms with E-state index in [4.69, 9.17) is 4.98 Å². The fourth-order valence-electron chi connectivity index (χ4n) is 2.71. The van der Waals surface area contributed by atoms with E-state index in [1.54, 1.807) is 11.3 Å². The molecular formula is C15H18BrN3S. The molecule has 106 valence electrons. The molecule has 1 aliphatic rings. The average molecular weight is 352 g/mol. The summed E-state index contributed by atoms with van der Waals surface area (Å²) in [7, 11) is 0. The molecule has 2 aromatic rings. The van der Waals surface area contributed by atoms with E-state index in [2.05, 4.69) is 51.4 Å². The van der Waals surface area contributed by atoms with E-state index in [1.807, 2.05) is 0 Å². The lowest BCUT2D eigenvalue weighted by Gasteiger charge is -2.12. The van der Waals surface area contributed by atoms with Gasteiger partial charge in [0.2, 0.25) is 0 Å². The van der Waals surface area contributed by atoms with Crippen molar-refractivity contribution >= 4 is 33.1 Å². The van der Waals surface area contributed by atoms with Gasteiger partial charge in [0.05, 0.1) is 8.66 Å². The molecule has 0 bridgehead atoms. The van der Waals surface area contributed by atoms with Gasteiger partial charge >= 0.3 is 0 Å². The molecular weight excluding hydrogens is 334 g/mol. The Labute approximate surface area is 132 Å². The van der Waals surface area contributed by atoms with E-state index < -0.39 is 0 Å². The quantitative estimate of drug-likeness (QED) is 0.836. The van der Waals surface area contributed by atoms with Gasteiger partial charge in [-0.05, 0) is 47.8 Å². The van der Waals surface area contributed by atoms with Crippen molar-refractivity contribution in [1.29, 1.82) is 0 Å². The summed E-state index contributed by atoms with van der Waals surface area (Å²) in [5.41, 5.74) is 1.20. The maximum Gasteiger partial charge on any atom is 0.171 e. The van der Waals surface area contributed by atoms with Gasteiger partial charge in [-0.25, -0.2) is 9.97 Å². The van der Waals surface area contributed by atoms with Gasteiger partial charge in [-0.15, -0.1) is 11.3 Å². The Balaban J connectivity index is 1.99. The first-order valence-electron chi connectivity index (χ1n) is 7.15. The van der Waals surface area contributed by atoms with Crippen LogP contribution in [-0.2, 0) is 0 Å². The first-order valence-corrected chi connectivity index (χ1v) is 8.76. The van der Waals surface area contributed by atoms with Crippen LogP contribution in [0.25, 0.3) is 10.7 Å². The highest BCUT2D eigenvalue weighted by molar-refractivity contribution is 9.11. The van der Waals surface area contributed by atoms with Crippen LogP contribution in [-0.4, -0.2) is 16.5 Å². The Morgan fingerprint density at radius 1 is 1.30 bits per heavy atom. The molecule has 3 rings (SSSR count). The molecule has 1 saturated carbocycles. The zero-order valence-electron chi connectivity index (χ0n) is 11.5. The lowest BCUT2D eigenvalue weighted by Crippen LogP contribution is -2.05. The summed E-state index contributed by atoms with van der Waals surface area (Å²) in [5, 5.41) is 3.33. The van der Waals surface area contributed by atoms with Gasteiger partial charge in [0.1, 0.15) is 5.82 Å². The lowest BCUT2D eigenvalue weighted by molar-refractivity contribution is 0.696. The highest BCUT2D eigenvalue weighted by Crippen LogP contribution is 2.36. The Morgan fingerprint density at radius 3 is 2.75 bits per heavy atom. The molecule has 0 saturated heterocycles. The van der Waals surface area contributed by atoms with Crippen molar-refractivity contribution in [1.82, 2.24) is 9.97 Å². The number of hydrogen-bond acceptors (Lipinski definition) is 4. The van der Waals surface area contributed by atoms with Gasteiger partial charge in [0.25, 0.3) is 0 Å². The third kappa shape index (κ3) is 3.04. The SMILES string of the molecule is CCNc1cc(C2CCCC2)nc(-c2ccc(Br)s2)n1. The van der Waals surface area contributed by atoms with E-state index in [1.165, 1.54) is 31.4 Å². The number of aromatic nitrogens is 2. The van der Waals surface area contributed by atoms with Crippen LogP contribution < -0.4 is 5.32 Å². The molecule has 0 amide bonds. The van der Waals surface area contributed by atoms with Crippen LogP contribution in [0, 0.1) is 0 Å². The van der Waals surface area contributed by atoms with Crippen molar-refractivity contribution < 1.29 is 0 Å². The summed E-state index contributed by atoms with van der Waals surface area (Å²) in [6.45, 7) is 2.98. The van der Waals surface area contributed by atoms with Crippen molar-refractivity contribution in [3.05, 3.63) is 27.7 Å². The first kappa shape index (κ1) is 14.0. The molecule has 2 aromatic heterocycles. The maximum absolute atomic E-state index is 4.82. The van der Waals surface area contributed by atoms with Gasteiger partial charge in [-0.2, -0.15) is 0 Å². The fraction of sp³-hybridized carbons (Fsp3) is 0.467. The normalized spacial score (nSPS) is 15.7. The molecule has 1 aliphatic carbocycles. The molecule has 3 nitrogen and oxygen atoms in total. The van der Waals surface area contributed by atoms with Crippen molar-refractivity contribution in [3.8, 4) is 10.7 Å². The molecule has 5 heteroatoms. The molecule has 0 unspecified atom stereocenters. The largest absolute Gasteiger partial charge is 0.370 e. The second kappa shape index (κ2) is 6.22. The van der Waals surface area contributed by atoms with Crippen LogP contribution in [0.3, 0.4) is 0 Å². The Kier molecular flexibility index (Phi) is 4.36. The molecule has 0 aliphatic heterocycles. The average Bonchev–Trinajstić information content (AvgIpc) is 3.09. The number of nitrogens with one attached hydrogen (secondary N) is 1. The molecule has 20 heavy (non-hydrogen) atoms. The first-order chi connectivity index (χ1) is 9.76. The summed E-state index contributed by atoms with van der Waals surface area (Å²) in [6, 6.07) is 6.27. The van der Waals surface area contributed by atoms with Crippen molar-refractivity contribution in [2.45, 2.75) is 38.5 Å². The number of thiophene rings is 1. The summed E-state index contributed by atoms with van der Waals surface area (Å²) < 4.78 is 1.12. The number of hydrogen-bond donors (Lipinski definition) is 1. The number of rotatable bonds is 4. The van der Waals surface area contributed by atoms with Gasteiger partial charge in [0.15, 0.2) is 5.82 Å². The predicted octanol–water partition coefficient (Wildman–Crippen LogP) is 5.06. The lowest BCUT2D eigenvalue weighted by atomic mass is 10.0. The van der Waals surface area contributed by atoms with E-state index in [0.717, 1.165) is 26.9 Å². The topological polar surface area (TPSA) is 37.8 Å². The van der Waals surface area contributed by atoms with E-state index in [9.17, 15) is 0 Å². The molecule has 0 radical (unpaired) electrons. The summed E-state index contributed by atoms with van der Waals surface area (Å²) in [6.07, 6.45) is 5.17. The monoisotopic (exact) mass is 351 g/mol. The summed E-state index contributed by atoms with van der Waals surface area (Å²) in [5.74, 6) is 2.41. The van der Waals surface area contributed by atoms with E-state index in [-0.39, 0.29) is 0 Å². The smallest absolute Gasteiger partial charge is 0.171 e. The Morgan fingerprint density at radius 2 is 2.10 bits per heavy atom. The molecule has 0 aromatic carbocycles. The van der Waals surface area contributed by atoms with Gasteiger partial charge in [-0.3, -0.25) is 0 Å². The Hall–Kier alpha value is -0.940. The van der Waals surface area contributed by atoms with E-state index >= 15 is 0 Å². The summed E-state index contributed by atoms with van der Waals surface area (Å²) in [4.78, 5) is 10.6. The second-order valence-electron chi connectivity index (χ2n) is 5.12. The second-order valence-corrected chi connectivity index (χ2v) is 7.58. The fourth-order valence-corrected chi connectivity index (χ4v) is 4.03. The molecule has 0 atom stereocenters. The molecule has 0 spiro atoms. The van der Waals surface area contributed by atoms with Gasteiger partial charge < -0.3 is 5.32 Å².